The normalized spacial score (nSPS) is 21.1. The lowest BCUT2D eigenvalue weighted by molar-refractivity contribution is 0.0697. The van der Waals surface area contributed by atoms with Gasteiger partial charge in [-0.25, -0.2) is 9.59 Å². The van der Waals surface area contributed by atoms with E-state index in [9.17, 15) is 9.59 Å². The number of amides is 2. The molecule has 0 spiro atoms. The molecule has 1 aliphatic rings. The molecule has 2 unspecified atom stereocenters. The number of hydrogen-bond donors (Lipinski definition) is 2. The molecule has 2 amide bonds. The third-order valence-electron chi connectivity index (χ3n) is 3.61. The van der Waals surface area contributed by atoms with Crippen LogP contribution in [-0.2, 0) is 4.74 Å². The Bertz CT molecular complexity index is 564. The summed E-state index contributed by atoms with van der Waals surface area (Å²) in [5.41, 5.74) is 0.453. The van der Waals surface area contributed by atoms with Crippen molar-refractivity contribution in [1.82, 2.24) is 4.90 Å². The number of nitrogens with one attached hydrogen (secondary N) is 1. The molecule has 1 fully saturated rings. The van der Waals surface area contributed by atoms with Gasteiger partial charge >= 0.3 is 12.0 Å². The molecule has 0 bridgehead atoms. The molecule has 114 valence electrons. The predicted molar refractivity (Wildman–Crippen MR) is 79.0 cm³/mol. The van der Waals surface area contributed by atoms with E-state index in [4.69, 9.17) is 21.4 Å². The summed E-state index contributed by atoms with van der Waals surface area (Å²) >= 11 is 5.99. The summed E-state index contributed by atoms with van der Waals surface area (Å²) in [6.45, 7) is 2.56. The Hall–Kier alpha value is -1.79. The predicted octanol–water partition coefficient (Wildman–Crippen LogP) is 2.68. The molecule has 0 radical (unpaired) electrons. The van der Waals surface area contributed by atoms with E-state index in [0.717, 1.165) is 6.42 Å². The Morgan fingerprint density at radius 1 is 1.48 bits per heavy atom. The van der Waals surface area contributed by atoms with E-state index in [1.54, 1.807) is 11.9 Å². The first-order chi connectivity index (χ1) is 9.90. The molecule has 1 aliphatic heterocycles. The van der Waals surface area contributed by atoms with Crippen molar-refractivity contribution in [3.63, 3.8) is 0 Å². The van der Waals surface area contributed by atoms with Crippen LogP contribution in [0, 0.1) is 0 Å². The summed E-state index contributed by atoms with van der Waals surface area (Å²) in [5, 5.41) is 11.7. The number of carboxylic acid groups (broad SMARTS) is 1. The zero-order valence-electron chi connectivity index (χ0n) is 11.8. The van der Waals surface area contributed by atoms with E-state index in [1.165, 1.54) is 18.2 Å². The number of rotatable bonds is 3. The molecule has 1 aromatic rings. The van der Waals surface area contributed by atoms with Gasteiger partial charge in [0.05, 0.1) is 28.4 Å². The number of benzene rings is 1. The van der Waals surface area contributed by atoms with E-state index in [0.29, 0.717) is 12.3 Å². The smallest absolute Gasteiger partial charge is 0.335 e. The minimum atomic E-state index is -1.07. The van der Waals surface area contributed by atoms with E-state index >= 15 is 0 Å². The van der Waals surface area contributed by atoms with Crippen molar-refractivity contribution in [1.29, 1.82) is 0 Å². The number of urea groups is 1. The molecule has 21 heavy (non-hydrogen) atoms. The zero-order chi connectivity index (χ0) is 15.6. The quantitative estimate of drug-likeness (QED) is 0.899. The van der Waals surface area contributed by atoms with Crippen LogP contribution in [0.15, 0.2) is 18.2 Å². The van der Waals surface area contributed by atoms with Crippen molar-refractivity contribution in [3.8, 4) is 0 Å². The summed E-state index contributed by atoms with van der Waals surface area (Å²) in [4.78, 5) is 24.6. The van der Waals surface area contributed by atoms with Gasteiger partial charge in [-0.1, -0.05) is 11.6 Å². The summed E-state index contributed by atoms with van der Waals surface area (Å²) in [6.07, 6.45) is 0.780. The van der Waals surface area contributed by atoms with Gasteiger partial charge in [0.25, 0.3) is 0 Å². The molecule has 7 heteroatoms. The fourth-order valence-electron chi connectivity index (χ4n) is 2.33. The maximum Gasteiger partial charge on any atom is 0.335 e. The van der Waals surface area contributed by atoms with Gasteiger partial charge < -0.3 is 20.1 Å². The third-order valence-corrected chi connectivity index (χ3v) is 3.92. The number of ether oxygens (including phenoxy) is 1. The second-order valence-electron chi connectivity index (χ2n) is 4.97. The molecule has 1 aromatic carbocycles. The van der Waals surface area contributed by atoms with Gasteiger partial charge in [-0.2, -0.15) is 0 Å². The molecule has 2 rings (SSSR count). The van der Waals surface area contributed by atoms with Gasteiger partial charge in [0, 0.05) is 13.7 Å². The van der Waals surface area contributed by atoms with Gasteiger partial charge in [-0.05, 0) is 31.5 Å². The van der Waals surface area contributed by atoms with Crippen molar-refractivity contribution >= 4 is 29.3 Å². The van der Waals surface area contributed by atoms with Gasteiger partial charge in [-0.15, -0.1) is 0 Å². The first kappa shape index (κ1) is 15.6. The Morgan fingerprint density at radius 2 is 2.19 bits per heavy atom. The van der Waals surface area contributed by atoms with Crippen molar-refractivity contribution in [2.45, 2.75) is 25.5 Å². The standard InChI is InChI=1S/C14H17ClN2O4/c1-8-12(5-6-21-8)17(2)14(20)16-11-4-3-9(13(18)19)7-10(11)15/h3-4,7-8,12H,5-6H2,1-2H3,(H,16,20)(H,18,19). The largest absolute Gasteiger partial charge is 0.478 e. The summed E-state index contributed by atoms with van der Waals surface area (Å²) < 4.78 is 5.44. The average molecular weight is 313 g/mol. The van der Waals surface area contributed by atoms with E-state index in [1.807, 2.05) is 6.92 Å². The Balaban J connectivity index is 2.07. The molecular weight excluding hydrogens is 296 g/mol. The van der Waals surface area contributed by atoms with Crippen LogP contribution in [0.1, 0.15) is 23.7 Å². The number of nitrogens with zero attached hydrogens (tertiary/aromatic N) is 1. The van der Waals surface area contributed by atoms with Gasteiger partial charge in [0.2, 0.25) is 0 Å². The number of halogens is 1. The molecule has 0 aliphatic carbocycles. The van der Waals surface area contributed by atoms with Crippen LogP contribution in [0.25, 0.3) is 0 Å². The molecule has 0 aromatic heterocycles. The maximum absolute atomic E-state index is 12.2. The number of carboxylic acids is 1. The van der Waals surface area contributed by atoms with Gasteiger partial charge in [0.15, 0.2) is 0 Å². The fraction of sp³-hybridized carbons (Fsp3) is 0.429. The lowest BCUT2D eigenvalue weighted by atomic mass is 10.1. The fourth-order valence-corrected chi connectivity index (χ4v) is 2.56. The molecular formula is C14H17ClN2O4. The highest BCUT2D eigenvalue weighted by Crippen LogP contribution is 2.24. The highest BCUT2D eigenvalue weighted by atomic mass is 35.5. The minimum Gasteiger partial charge on any atom is -0.478 e. The van der Waals surface area contributed by atoms with Gasteiger partial charge in [-0.3, -0.25) is 0 Å². The number of carbonyl (C=O) groups excluding carboxylic acids is 1. The lowest BCUT2D eigenvalue weighted by Crippen LogP contribution is -2.43. The summed E-state index contributed by atoms with van der Waals surface area (Å²) in [7, 11) is 1.70. The second-order valence-corrected chi connectivity index (χ2v) is 5.38. The van der Waals surface area contributed by atoms with Crippen molar-refractivity contribution in [3.05, 3.63) is 28.8 Å². The molecule has 2 atom stereocenters. The van der Waals surface area contributed by atoms with Crippen molar-refractivity contribution in [2.75, 3.05) is 19.0 Å². The highest BCUT2D eigenvalue weighted by Gasteiger charge is 2.30. The Morgan fingerprint density at radius 3 is 2.71 bits per heavy atom. The zero-order valence-corrected chi connectivity index (χ0v) is 12.6. The van der Waals surface area contributed by atoms with Crippen LogP contribution < -0.4 is 5.32 Å². The first-order valence-electron chi connectivity index (χ1n) is 6.58. The Kier molecular flexibility index (Phi) is 4.69. The van der Waals surface area contributed by atoms with Crippen LogP contribution in [-0.4, -0.2) is 47.8 Å². The number of likely N-dealkylation sites (N-methyl/N-ethyl adjacent to an activating group) is 1. The molecule has 6 nitrogen and oxygen atoms in total. The monoisotopic (exact) mass is 312 g/mol. The van der Waals surface area contributed by atoms with Crippen LogP contribution in [0.4, 0.5) is 10.5 Å². The van der Waals surface area contributed by atoms with Crippen molar-refractivity contribution in [2.24, 2.45) is 0 Å². The van der Waals surface area contributed by atoms with Crippen molar-refractivity contribution < 1.29 is 19.4 Å². The maximum atomic E-state index is 12.2. The lowest BCUT2D eigenvalue weighted by Gasteiger charge is -2.27. The second kappa shape index (κ2) is 6.32. The summed E-state index contributed by atoms with van der Waals surface area (Å²) in [5.74, 6) is -1.07. The average Bonchev–Trinajstić information content (AvgIpc) is 2.86. The van der Waals surface area contributed by atoms with Crippen LogP contribution in [0.5, 0.6) is 0 Å². The third kappa shape index (κ3) is 3.46. The molecule has 1 heterocycles. The first-order valence-corrected chi connectivity index (χ1v) is 6.96. The number of aromatic carboxylic acids is 1. The van der Waals surface area contributed by atoms with Gasteiger partial charge in [0.1, 0.15) is 0 Å². The summed E-state index contributed by atoms with van der Waals surface area (Å²) in [6, 6.07) is 3.89. The topological polar surface area (TPSA) is 78.9 Å². The van der Waals surface area contributed by atoms with Crippen LogP contribution in [0.3, 0.4) is 0 Å². The van der Waals surface area contributed by atoms with E-state index in [2.05, 4.69) is 5.32 Å². The molecule has 0 saturated carbocycles. The number of hydrogen-bond acceptors (Lipinski definition) is 3. The molecule has 2 N–H and O–H groups in total. The molecule has 1 saturated heterocycles. The Labute approximate surface area is 127 Å². The number of anilines is 1. The highest BCUT2D eigenvalue weighted by molar-refractivity contribution is 6.34. The van der Waals surface area contributed by atoms with E-state index in [-0.39, 0.29) is 28.8 Å². The van der Waals surface area contributed by atoms with Crippen LogP contribution >= 0.6 is 11.6 Å². The van der Waals surface area contributed by atoms with E-state index < -0.39 is 5.97 Å². The minimum absolute atomic E-state index is 0.00870. The van der Waals surface area contributed by atoms with Crippen LogP contribution in [0.2, 0.25) is 5.02 Å². The number of carbonyl (C=O) groups is 2. The SMILES string of the molecule is CC1OCCC1N(C)C(=O)Nc1ccc(C(=O)O)cc1Cl.